The average Bonchev–Trinajstić information content (AvgIpc) is 3.18. The van der Waals surface area contributed by atoms with Crippen molar-refractivity contribution in [1.82, 2.24) is 19.7 Å². The number of likely N-dealkylation sites (tertiary alicyclic amines) is 1. The highest BCUT2D eigenvalue weighted by molar-refractivity contribution is 5.93. The summed E-state index contributed by atoms with van der Waals surface area (Å²) in [4.78, 5) is 30.7. The summed E-state index contributed by atoms with van der Waals surface area (Å²) in [5.41, 5.74) is 0.654. The number of hydrogen-bond acceptors (Lipinski definition) is 5. The molecule has 2 aliphatic rings. The Morgan fingerprint density at radius 3 is 2.79 bits per heavy atom. The average molecular weight is 387 g/mol. The van der Waals surface area contributed by atoms with E-state index in [2.05, 4.69) is 15.4 Å². The third kappa shape index (κ3) is 4.13. The number of ether oxygens (including phenoxy) is 1. The van der Waals surface area contributed by atoms with Crippen molar-refractivity contribution in [3.63, 3.8) is 0 Å². The van der Waals surface area contributed by atoms with Gasteiger partial charge in [0, 0.05) is 25.1 Å². The van der Waals surface area contributed by atoms with Crippen LogP contribution in [0.2, 0.25) is 0 Å². The molecule has 1 N–H and O–H groups in total. The van der Waals surface area contributed by atoms with Crippen molar-refractivity contribution in [3.8, 4) is 5.75 Å². The van der Waals surface area contributed by atoms with Gasteiger partial charge in [-0.15, -0.1) is 5.10 Å². The molecular formula is C19H22FN5O3. The van der Waals surface area contributed by atoms with E-state index in [1.54, 1.807) is 0 Å². The molecule has 3 heterocycles. The van der Waals surface area contributed by atoms with Crippen LogP contribution in [0.5, 0.6) is 5.75 Å². The summed E-state index contributed by atoms with van der Waals surface area (Å²) in [6.45, 7) is 1.64. The van der Waals surface area contributed by atoms with Gasteiger partial charge in [0.05, 0.1) is 0 Å². The molecule has 2 aromatic rings. The van der Waals surface area contributed by atoms with E-state index in [0.29, 0.717) is 11.3 Å². The number of hydrogen-bond donors (Lipinski definition) is 1. The van der Waals surface area contributed by atoms with Gasteiger partial charge in [-0.25, -0.2) is 14.1 Å². The van der Waals surface area contributed by atoms with Crippen molar-refractivity contribution < 1.29 is 18.7 Å². The van der Waals surface area contributed by atoms with Gasteiger partial charge in [0.2, 0.25) is 11.9 Å². The number of halogens is 1. The lowest BCUT2D eigenvalue weighted by Crippen LogP contribution is -2.34. The molecule has 0 spiro atoms. The Labute approximate surface area is 161 Å². The second-order valence-electron chi connectivity index (χ2n) is 7.11. The summed E-state index contributed by atoms with van der Waals surface area (Å²) in [7, 11) is 0. The van der Waals surface area contributed by atoms with E-state index in [1.165, 1.54) is 29.2 Å². The zero-order valence-electron chi connectivity index (χ0n) is 15.4. The van der Waals surface area contributed by atoms with Crippen LogP contribution in [0.3, 0.4) is 0 Å². The van der Waals surface area contributed by atoms with Crippen molar-refractivity contribution in [1.29, 1.82) is 0 Å². The maximum Gasteiger partial charge on any atom is 0.268 e. The Bertz CT molecular complexity index is 876. The highest BCUT2D eigenvalue weighted by Gasteiger charge is 2.30. The number of amides is 2. The summed E-state index contributed by atoms with van der Waals surface area (Å²) in [5, 5.41) is 6.74. The monoisotopic (exact) mass is 387 g/mol. The SMILES string of the molecule is O=C(Nc1ncn(CC(=O)N2CCCCCC2)n1)C1Cc2cc(F)ccc2O1. The first kappa shape index (κ1) is 18.4. The fourth-order valence-corrected chi connectivity index (χ4v) is 3.54. The molecule has 0 radical (unpaired) electrons. The van der Waals surface area contributed by atoms with Crippen LogP contribution in [0.4, 0.5) is 10.3 Å². The van der Waals surface area contributed by atoms with Gasteiger partial charge in [-0.2, -0.15) is 0 Å². The van der Waals surface area contributed by atoms with Gasteiger partial charge in [0.1, 0.15) is 24.4 Å². The van der Waals surface area contributed by atoms with Crippen LogP contribution in [0.25, 0.3) is 0 Å². The van der Waals surface area contributed by atoms with Gasteiger partial charge < -0.3 is 9.64 Å². The molecule has 1 aromatic carbocycles. The molecule has 148 valence electrons. The third-order valence-electron chi connectivity index (χ3n) is 5.02. The minimum Gasteiger partial charge on any atom is -0.480 e. The van der Waals surface area contributed by atoms with Crippen LogP contribution < -0.4 is 10.1 Å². The summed E-state index contributed by atoms with van der Waals surface area (Å²) in [5.74, 6) is -0.158. The predicted octanol–water partition coefficient (Wildman–Crippen LogP) is 1.76. The summed E-state index contributed by atoms with van der Waals surface area (Å²) < 4.78 is 20.3. The third-order valence-corrected chi connectivity index (χ3v) is 5.02. The zero-order valence-corrected chi connectivity index (χ0v) is 15.4. The van der Waals surface area contributed by atoms with E-state index in [0.717, 1.165) is 38.8 Å². The molecular weight excluding hydrogens is 365 g/mol. The maximum atomic E-state index is 13.3. The standard InChI is InChI=1S/C19H22FN5O3/c20-14-5-6-15-13(9-14)10-16(28-15)18(27)22-19-21-12-25(23-19)11-17(26)24-7-3-1-2-4-8-24/h5-6,9,12,16H,1-4,7-8,10-11H2,(H,22,23,27). The Morgan fingerprint density at radius 2 is 2.00 bits per heavy atom. The fourth-order valence-electron chi connectivity index (χ4n) is 3.54. The lowest BCUT2D eigenvalue weighted by molar-refractivity contribution is -0.132. The molecule has 4 rings (SSSR count). The Kier molecular flexibility index (Phi) is 5.23. The zero-order chi connectivity index (χ0) is 19.5. The molecule has 0 saturated carbocycles. The van der Waals surface area contributed by atoms with E-state index in [1.807, 2.05) is 4.90 Å². The molecule has 1 unspecified atom stereocenters. The highest BCUT2D eigenvalue weighted by atomic mass is 19.1. The molecule has 1 fully saturated rings. The van der Waals surface area contributed by atoms with E-state index >= 15 is 0 Å². The molecule has 2 amide bonds. The topological polar surface area (TPSA) is 89.4 Å². The van der Waals surface area contributed by atoms with Crippen LogP contribution in [-0.4, -0.2) is 50.7 Å². The first-order valence-electron chi connectivity index (χ1n) is 9.52. The van der Waals surface area contributed by atoms with Gasteiger partial charge >= 0.3 is 0 Å². The number of carbonyl (C=O) groups excluding carboxylic acids is 2. The molecule has 1 atom stereocenters. The van der Waals surface area contributed by atoms with Crippen LogP contribution in [0.15, 0.2) is 24.5 Å². The number of aromatic nitrogens is 3. The summed E-state index contributed by atoms with van der Waals surface area (Å²) in [6.07, 6.45) is 5.31. The highest BCUT2D eigenvalue weighted by Crippen LogP contribution is 2.29. The summed E-state index contributed by atoms with van der Waals surface area (Å²) in [6, 6.07) is 4.17. The molecule has 0 aliphatic carbocycles. The number of anilines is 1. The van der Waals surface area contributed by atoms with Crippen molar-refractivity contribution in [2.45, 2.75) is 44.8 Å². The van der Waals surface area contributed by atoms with Gasteiger partial charge in [-0.3, -0.25) is 14.9 Å². The number of fused-ring (bicyclic) bond motifs is 1. The maximum absolute atomic E-state index is 13.3. The summed E-state index contributed by atoms with van der Waals surface area (Å²) >= 11 is 0. The Morgan fingerprint density at radius 1 is 1.21 bits per heavy atom. The van der Waals surface area contributed by atoms with E-state index in [9.17, 15) is 14.0 Å². The fraction of sp³-hybridized carbons (Fsp3) is 0.474. The van der Waals surface area contributed by atoms with Gasteiger partial charge in [-0.05, 0) is 31.0 Å². The molecule has 2 aliphatic heterocycles. The lowest BCUT2D eigenvalue weighted by atomic mass is 10.1. The molecule has 8 nitrogen and oxygen atoms in total. The molecule has 0 bridgehead atoms. The molecule has 1 saturated heterocycles. The largest absolute Gasteiger partial charge is 0.480 e. The van der Waals surface area contributed by atoms with Gasteiger partial charge in [-0.1, -0.05) is 12.8 Å². The van der Waals surface area contributed by atoms with E-state index in [-0.39, 0.29) is 30.6 Å². The Hall–Kier alpha value is -2.97. The van der Waals surface area contributed by atoms with Crippen molar-refractivity contribution >= 4 is 17.8 Å². The first-order valence-corrected chi connectivity index (χ1v) is 9.52. The second-order valence-corrected chi connectivity index (χ2v) is 7.11. The van der Waals surface area contributed by atoms with Crippen molar-refractivity contribution in [2.24, 2.45) is 0 Å². The lowest BCUT2D eigenvalue weighted by Gasteiger charge is -2.19. The van der Waals surface area contributed by atoms with Crippen LogP contribution >= 0.6 is 0 Å². The minimum absolute atomic E-state index is 0.00118. The second kappa shape index (κ2) is 7.95. The van der Waals surface area contributed by atoms with Crippen molar-refractivity contribution in [2.75, 3.05) is 18.4 Å². The molecule has 28 heavy (non-hydrogen) atoms. The van der Waals surface area contributed by atoms with E-state index in [4.69, 9.17) is 4.74 Å². The smallest absolute Gasteiger partial charge is 0.268 e. The van der Waals surface area contributed by atoms with Crippen LogP contribution in [-0.2, 0) is 22.6 Å². The van der Waals surface area contributed by atoms with Crippen molar-refractivity contribution in [3.05, 3.63) is 35.9 Å². The number of rotatable bonds is 4. The first-order chi connectivity index (χ1) is 13.6. The predicted molar refractivity (Wildman–Crippen MR) is 98.2 cm³/mol. The van der Waals surface area contributed by atoms with Crippen LogP contribution in [0.1, 0.15) is 31.2 Å². The number of nitrogens with one attached hydrogen (secondary N) is 1. The molecule has 1 aromatic heterocycles. The van der Waals surface area contributed by atoms with Gasteiger partial charge in [0.15, 0.2) is 6.10 Å². The van der Waals surface area contributed by atoms with Crippen LogP contribution in [0, 0.1) is 5.82 Å². The number of benzene rings is 1. The normalized spacial score (nSPS) is 18.9. The quantitative estimate of drug-likeness (QED) is 0.864. The van der Waals surface area contributed by atoms with Gasteiger partial charge in [0.25, 0.3) is 5.91 Å². The van der Waals surface area contributed by atoms with E-state index < -0.39 is 12.0 Å². The number of nitrogens with zero attached hydrogens (tertiary/aromatic N) is 4. The molecule has 9 heteroatoms. The Balaban J connectivity index is 1.32. The minimum atomic E-state index is -0.762. The number of carbonyl (C=O) groups is 2.